The number of aryl methyl sites for hydroxylation is 1. The van der Waals surface area contributed by atoms with Crippen LogP contribution in [0.4, 0.5) is 11.5 Å². The van der Waals surface area contributed by atoms with Gasteiger partial charge in [0.2, 0.25) is 0 Å². The van der Waals surface area contributed by atoms with E-state index in [9.17, 15) is 9.59 Å². The lowest BCUT2D eigenvalue weighted by atomic mass is 9.95. The third-order valence-corrected chi connectivity index (χ3v) is 4.52. The Bertz CT molecular complexity index is 776. The van der Waals surface area contributed by atoms with Gasteiger partial charge < -0.3 is 16.0 Å². The fraction of sp³-hybridized carbons (Fsp3) is 0.316. The number of hydrogen-bond donors (Lipinski definition) is 2. The first-order chi connectivity index (χ1) is 12.1. The Morgan fingerprint density at radius 2 is 2.00 bits per heavy atom. The molecule has 3 rings (SSSR count). The second-order valence-corrected chi connectivity index (χ2v) is 6.30. The molecule has 2 aromatic rings. The predicted molar refractivity (Wildman–Crippen MR) is 96.8 cm³/mol. The number of nitrogens with zero attached hydrogens (tertiary/aromatic N) is 2. The van der Waals surface area contributed by atoms with Crippen LogP contribution in [0.5, 0.6) is 0 Å². The van der Waals surface area contributed by atoms with Gasteiger partial charge in [-0.15, -0.1) is 0 Å². The molecule has 130 valence electrons. The van der Waals surface area contributed by atoms with Gasteiger partial charge in [0, 0.05) is 6.54 Å². The molecule has 1 saturated heterocycles. The van der Waals surface area contributed by atoms with E-state index in [0.717, 1.165) is 30.4 Å². The van der Waals surface area contributed by atoms with Crippen molar-refractivity contribution < 1.29 is 9.59 Å². The Hall–Kier alpha value is -2.89. The van der Waals surface area contributed by atoms with Crippen LogP contribution in [0.25, 0.3) is 0 Å². The molecule has 0 radical (unpaired) electrons. The average Bonchev–Trinajstić information content (AvgIpc) is 2.65. The molecule has 25 heavy (non-hydrogen) atoms. The largest absolute Gasteiger partial charge is 0.383 e. The van der Waals surface area contributed by atoms with E-state index in [1.54, 1.807) is 17.9 Å². The summed E-state index contributed by atoms with van der Waals surface area (Å²) in [5, 5.41) is 2.63. The zero-order chi connectivity index (χ0) is 17.8. The number of amides is 2. The maximum Gasteiger partial charge on any atom is 0.313 e. The maximum absolute atomic E-state index is 12.7. The van der Waals surface area contributed by atoms with Crippen molar-refractivity contribution in [2.24, 2.45) is 0 Å². The van der Waals surface area contributed by atoms with E-state index in [0.29, 0.717) is 18.1 Å². The molecule has 6 nitrogen and oxygen atoms in total. The van der Waals surface area contributed by atoms with Crippen molar-refractivity contribution in [3.63, 3.8) is 0 Å². The molecule has 0 spiro atoms. The molecular weight excluding hydrogens is 316 g/mol. The minimum atomic E-state index is -0.645. The minimum absolute atomic E-state index is 0.0560. The summed E-state index contributed by atoms with van der Waals surface area (Å²) in [6.45, 7) is 2.39. The highest BCUT2D eigenvalue weighted by Crippen LogP contribution is 2.31. The third kappa shape index (κ3) is 3.79. The van der Waals surface area contributed by atoms with Gasteiger partial charge in [0.15, 0.2) is 0 Å². The van der Waals surface area contributed by atoms with Gasteiger partial charge in [0.25, 0.3) is 0 Å². The van der Waals surface area contributed by atoms with Crippen LogP contribution < -0.4 is 11.1 Å². The summed E-state index contributed by atoms with van der Waals surface area (Å²) in [7, 11) is 0. The molecule has 1 aromatic heterocycles. The quantitative estimate of drug-likeness (QED) is 0.824. The molecule has 1 aromatic carbocycles. The molecule has 0 unspecified atom stereocenters. The third-order valence-electron chi connectivity index (χ3n) is 4.52. The van der Waals surface area contributed by atoms with Gasteiger partial charge in [0.05, 0.1) is 17.9 Å². The number of nitrogen functional groups attached to an aromatic ring is 1. The molecule has 1 aliphatic rings. The van der Waals surface area contributed by atoms with Crippen LogP contribution in [0.3, 0.4) is 0 Å². The first kappa shape index (κ1) is 17.0. The number of rotatable bonds is 2. The van der Waals surface area contributed by atoms with Crippen molar-refractivity contribution in [1.29, 1.82) is 0 Å². The van der Waals surface area contributed by atoms with Crippen LogP contribution >= 0.6 is 0 Å². The monoisotopic (exact) mass is 338 g/mol. The number of carbonyl (C=O) groups excluding carboxylic acids is 2. The number of nitrogens with two attached hydrogens (primary N) is 1. The number of pyridine rings is 1. The normalized spacial score (nSPS) is 17.2. The van der Waals surface area contributed by atoms with Gasteiger partial charge in [0.1, 0.15) is 5.82 Å². The fourth-order valence-corrected chi connectivity index (χ4v) is 3.17. The highest BCUT2D eigenvalue weighted by molar-refractivity contribution is 6.39. The molecule has 1 fully saturated rings. The molecule has 0 aliphatic carbocycles. The van der Waals surface area contributed by atoms with Crippen LogP contribution in [-0.4, -0.2) is 28.2 Å². The van der Waals surface area contributed by atoms with Crippen molar-refractivity contribution in [1.82, 2.24) is 9.88 Å². The SMILES string of the molecule is Cc1cc(NC(=O)C(=O)N2CCCC[C@H]2c2ccccc2)cnc1N. The zero-order valence-electron chi connectivity index (χ0n) is 14.2. The van der Waals surface area contributed by atoms with Crippen molar-refractivity contribution in [3.8, 4) is 0 Å². The average molecular weight is 338 g/mol. The predicted octanol–water partition coefficient (Wildman–Crippen LogP) is 2.66. The molecule has 3 N–H and O–H groups in total. The van der Waals surface area contributed by atoms with Crippen molar-refractivity contribution >= 4 is 23.3 Å². The number of hydrogen-bond acceptors (Lipinski definition) is 4. The lowest BCUT2D eigenvalue weighted by molar-refractivity contribution is -0.145. The number of nitrogens with one attached hydrogen (secondary N) is 1. The van der Waals surface area contributed by atoms with Gasteiger partial charge in [-0.2, -0.15) is 0 Å². The molecule has 2 amide bonds. The van der Waals surface area contributed by atoms with Gasteiger partial charge in [-0.1, -0.05) is 30.3 Å². The van der Waals surface area contributed by atoms with Crippen LogP contribution in [0, 0.1) is 6.92 Å². The van der Waals surface area contributed by atoms with Gasteiger partial charge in [-0.3, -0.25) is 9.59 Å². The van der Waals surface area contributed by atoms with Crippen molar-refractivity contribution in [3.05, 3.63) is 53.7 Å². The zero-order valence-corrected chi connectivity index (χ0v) is 14.2. The van der Waals surface area contributed by atoms with E-state index >= 15 is 0 Å². The summed E-state index contributed by atoms with van der Waals surface area (Å²) in [5.74, 6) is -0.749. The van der Waals surface area contributed by atoms with Crippen LogP contribution in [0.15, 0.2) is 42.6 Å². The molecule has 2 heterocycles. The number of carbonyl (C=O) groups is 2. The molecule has 6 heteroatoms. The Kier molecular flexibility index (Phi) is 4.97. The highest BCUT2D eigenvalue weighted by atomic mass is 16.2. The van der Waals surface area contributed by atoms with Crippen molar-refractivity contribution in [2.75, 3.05) is 17.6 Å². The number of benzene rings is 1. The lowest BCUT2D eigenvalue weighted by Crippen LogP contribution is -2.44. The van der Waals surface area contributed by atoms with E-state index in [1.165, 1.54) is 6.20 Å². The molecule has 0 bridgehead atoms. The van der Waals surface area contributed by atoms with Gasteiger partial charge in [-0.25, -0.2) is 4.98 Å². The summed E-state index contributed by atoms with van der Waals surface area (Å²) in [5.41, 5.74) is 7.97. The molecular formula is C19H22N4O2. The number of anilines is 2. The summed E-state index contributed by atoms with van der Waals surface area (Å²) in [6.07, 6.45) is 4.28. The first-order valence-electron chi connectivity index (χ1n) is 8.45. The molecule has 0 saturated carbocycles. The topological polar surface area (TPSA) is 88.3 Å². The highest BCUT2D eigenvalue weighted by Gasteiger charge is 2.31. The maximum atomic E-state index is 12.7. The summed E-state index contributed by atoms with van der Waals surface area (Å²) < 4.78 is 0. The Morgan fingerprint density at radius 1 is 1.24 bits per heavy atom. The number of piperidine rings is 1. The van der Waals surface area contributed by atoms with Crippen LogP contribution in [-0.2, 0) is 9.59 Å². The second-order valence-electron chi connectivity index (χ2n) is 6.30. The molecule has 1 aliphatic heterocycles. The summed E-state index contributed by atoms with van der Waals surface area (Å²) in [6, 6.07) is 11.5. The lowest BCUT2D eigenvalue weighted by Gasteiger charge is -2.35. The van der Waals surface area contributed by atoms with Crippen LogP contribution in [0.2, 0.25) is 0 Å². The Morgan fingerprint density at radius 3 is 2.72 bits per heavy atom. The van der Waals surface area contributed by atoms with Gasteiger partial charge >= 0.3 is 11.8 Å². The van der Waals surface area contributed by atoms with E-state index in [-0.39, 0.29) is 6.04 Å². The number of aromatic nitrogens is 1. The fourth-order valence-electron chi connectivity index (χ4n) is 3.17. The summed E-state index contributed by atoms with van der Waals surface area (Å²) >= 11 is 0. The smallest absolute Gasteiger partial charge is 0.313 e. The Balaban J connectivity index is 1.75. The van der Waals surface area contributed by atoms with E-state index in [2.05, 4.69) is 10.3 Å². The van der Waals surface area contributed by atoms with Crippen LogP contribution in [0.1, 0.15) is 36.4 Å². The standard InChI is InChI=1S/C19H22N4O2/c1-13-11-15(12-21-17(13)20)22-18(24)19(25)23-10-6-5-9-16(23)14-7-3-2-4-8-14/h2-4,7-8,11-12,16H,5-6,9-10H2,1H3,(H2,20,21)(H,22,24)/t16-/m0/s1. The van der Waals surface area contributed by atoms with Crippen molar-refractivity contribution in [2.45, 2.75) is 32.2 Å². The van der Waals surface area contributed by atoms with E-state index < -0.39 is 11.8 Å². The van der Waals surface area contributed by atoms with E-state index in [1.807, 2.05) is 30.3 Å². The van der Waals surface area contributed by atoms with E-state index in [4.69, 9.17) is 5.73 Å². The second kappa shape index (κ2) is 7.34. The Labute approximate surface area is 147 Å². The van der Waals surface area contributed by atoms with Gasteiger partial charge in [-0.05, 0) is 43.4 Å². The first-order valence-corrected chi connectivity index (χ1v) is 8.45. The minimum Gasteiger partial charge on any atom is -0.383 e. The summed E-state index contributed by atoms with van der Waals surface area (Å²) in [4.78, 5) is 30.8. The molecule has 1 atom stereocenters. The number of likely N-dealkylation sites (tertiary alicyclic amines) is 1.